The van der Waals surface area contributed by atoms with Crippen LogP contribution in [0.25, 0.3) is 0 Å². The van der Waals surface area contributed by atoms with Crippen LogP contribution in [0.1, 0.15) is 0 Å². The van der Waals surface area contributed by atoms with E-state index < -0.39 is 0 Å². The zero-order chi connectivity index (χ0) is 12.9. The van der Waals surface area contributed by atoms with Gasteiger partial charge in [-0.3, -0.25) is 0 Å². The van der Waals surface area contributed by atoms with Crippen molar-refractivity contribution in [3.63, 3.8) is 0 Å². The molecule has 0 unspecified atom stereocenters. The molecule has 6 heteroatoms. The van der Waals surface area contributed by atoms with Gasteiger partial charge >= 0.3 is 24.4 Å². The molecule has 3 rings (SSSR count). The van der Waals surface area contributed by atoms with E-state index in [-0.39, 0.29) is 85.0 Å². The van der Waals surface area contributed by atoms with Crippen molar-refractivity contribution in [2.75, 3.05) is 0 Å². The molecule has 0 aromatic heterocycles. The first-order valence-electron chi connectivity index (χ1n) is 6.34. The maximum absolute atomic E-state index is 2.21. The summed E-state index contributed by atoms with van der Waals surface area (Å²) in [4.78, 5) is 4.08. The molecular formula is C18H15Cl4SSb. The monoisotopic (exact) mass is 524 g/mol. The predicted molar refractivity (Wildman–Crippen MR) is 87.2 cm³/mol. The van der Waals surface area contributed by atoms with Gasteiger partial charge in [0.2, 0.25) is 0 Å². The molecule has 0 aliphatic rings. The van der Waals surface area contributed by atoms with E-state index in [1.807, 2.05) is 0 Å². The number of halogens is 4. The second-order valence-electron chi connectivity index (χ2n) is 4.25. The SMILES string of the molecule is [Cl-].[Cl-].[Cl-].[Cl-].[Sb+3].c1ccc([S+](c2ccccc2)c2ccccc2)cc1. The van der Waals surface area contributed by atoms with Crippen LogP contribution >= 0.6 is 0 Å². The maximum Gasteiger partial charge on any atom is 3.00 e. The van der Waals surface area contributed by atoms with Crippen LogP contribution < -0.4 is 49.6 Å². The molecule has 3 aromatic carbocycles. The minimum atomic E-state index is -0.0146. The first-order chi connectivity index (χ1) is 9.45. The maximum atomic E-state index is 2.21. The third-order valence-corrected chi connectivity index (χ3v) is 5.17. The summed E-state index contributed by atoms with van der Waals surface area (Å²) in [6.45, 7) is 0. The second-order valence-corrected chi connectivity index (χ2v) is 6.27. The standard InChI is InChI=1S/C18H15S.4ClH.Sb/c1-4-10-16(11-5-1)19(17-12-6-2-7-13-17)18-14-8-3-9-15-18;;;;;/h1-15H;4*1H;/q+1;;;;;+3/p-4. The molecule has 2 radical (unpaired) electrons. The summed E-state index contributed by atoms with van der Waals surface area (Å²) in [7, 11) is -0.0146. The largest absolute Gasteiger partial charge is 3.00 e. The Morgan fingerprint density at radius 1 is 0.375 bits per heavy atom. The zero-order valence-corrected chi connectivity index (χ0v) is 18.9. The summed E-state index contributed by atoms with van der Waals surface area (Å²) in [5.41, 5.74) is 0. The quantitative estimate of drug-likeness (QED) is 0.235. The molecule has 0 bridgehead atoms. The fourth-order valence-electron chi connectivity index (χ4n) is 2.08. The van der Waals surface area contributed by atoms with Crippen LogP contribution in [0.3, 0.4) is 0 Å². The van der Waals surface area contributed by atoms with Gasteiger partial charge in [0, 0.05) is 0 Å². The molecule has 126 valence electrons. The van der Waals surface area contributed by atoms with Crippen molar-refractivity contribution in [1.82, 2.24) is 0 Å². The van der Waals surface area contributed by atoms with Crippen molar-refractivity contribution in [3.05, 3.63) is 91.0 Å². The number of benzene rings is 3. The van der Waals surface area contributed by atoms with E-state index in [0.29, 0.717) is 0 Å². The molecule has 0 saturated carbocycles. The van der Waals surface area contributed by atoms with Crippen LogP contribution in [0.2, 0.25) is 0 Å². The minimum absolute atomic E-state index is 0. The Kier molecular flexibility index (Phi) is 18.3. The van der Waals surface area contributed by atoms with Crippen LogP contribution in [-0.4, -0.2) is 24.4 Å². The van der Waals surface area contributed by atoms with Crippen molar-refractivity contribution >= 4 is 35.3 Å². The van der Waals surface area contributed by atoms with Crippen molar-refractivity contribution in [2.24, 2.45) is 0 Å². The van der Waals surface area contributed by atoms with Gasteiger partial charge in [-0.05, 0) is 36.4 Å². The van der Waals surface area contributed by atoms with E-state index in [1.165, 1.54) is 14.7 Å². The first-order valence-corrected chi connectivity index (χ1v) is 7.57. The predicted octanol–water partition coefficient (Wildman–Crippen LogP) is -7.58. The van der Waals surface area contributed by atoms with Crippen molar-refractivity contribution in [3.8, 4) is 0 Å². The summed E-state index contributed by atoms with van der Waals surface area (Å²) in [6.07, 6.45) is 0. The van der Waals surface area contributed by atoms with Gasteiger partial charge in [-0.15, -0.1) is 0 Å². The van der Waals surface area contributed by atoms with E-state index in [1.54, 1.807) is 0 Å². The molecule has 0 spiro atoms. The molecule has 3 aromatic rings. The van der Waals surface area contributed by atoms with Gasteiger partial charge in [0.25, 0.3) is 0 Å². The normalized spacial score (nSPS) is 8.38. The second kappa shape index (κ2) is 15.3. The van der Waals surface area contributed by atoms with E-state index in [9.17, 15) is 0 Å². The molecule has 24 heavy (non-hydrogen) atoms. The van der Waals surface area contributed by atoms with E-state index in [2.05, 4.69) is 91.0 Å². The Morgan fingerprint density at radius 2 is 0.583 bits per heavy atom. The van der Waals surface area contributed by atoms with Gasteiger partial charge < -0.3 is 49.6 Å². The topological polar surface area (TPSA) is 0 Å². The summed E-state index contributed by atoms with van der Waals surface area (Å²) in [5, 5.41) is 0. The van der Waals surface area contributed by atoms with E-state index in [4.69, 9.17) is 0 Å². The zero-order valence-electron chi connectivity index (χ0n) is 12.5. The van der Waals surface area contributed by atoms with Gasteiger partial charge in [0.05, 0.1) is 10.9 Å². The number of hydrogen-bond donors (Lipinski definition) is 0. The summed E-state index contributed by atoms with van der Waals surface area (Å²) >= 11 is 0. The molecule has 0 heterocycles. The molecule has 0 aliphatic heterocycles. The number of rotatable bonds is 3. The van der Waals surface area contributed by atoms with Gasteiger partial charge in [0.1, 0.15) is 0 Å². The molecule has 0 aliphatic carbocycles. The summed E-state index contributed by atoms with van der Waals surface area (Å²) in [5.74, 6) is 0. The molecule has 0 nitrogen and oxygen atoms in total. The Hall–Kier alpha value is -0.0118. The Balaban J connectivity index is -0.000000882. The third kappa shape index (κ3) is 7.48. The van der Waals surface area contributed by atoms with Gasteiger partial charge in [-0.25, -0.2) is 0 Å². The Bertz CT molecular complexity index is 545. The fourth-order valence-corrected chi connectivity index (χ4v) is 4.18. The Labute approximate surface area is 189 Å². The van der Waals surface area contributed by atoms with E-state index in [0.717, 1.165) is 0 Å². The molecule has 0 fully saturated rings. The van der Waals surface area contributed by atoms with Crippen LogP contribution in [-0.2, 0) is 10.9 Å². The van der Waals surface area contributed by atoms with Gasteiger partial charge in [0.15, 0.2) is 14.7 Å². The average molecular weight is 527 g/mol. The first kappa shape index (κ1) is 28.8. The van der Waals surface area contributed by atoms with Gasteiger partial charge in [-0.1, -0.05) is 54.6 Å². The van der Waals surface area contributed by atoms with Crippen LogP contribution in [0.5, 0.6) is 0 Å². The van der Waals surface area contributed by atoms with Crippen molar-refractivity contribution < 1.29 is 49.6 Å². The van der Waals surface area contributed by atoms with Crippen LogP contribution in [0, 0.1) is 0 Å². The summed E-state index contributed by atoms with van der Waals surface area (Å²) in [6, 6.07) is 32.2. The molecule has 0 N–H and O–H groups in total. The molecule has 0 atom stereocenters. The van der Waals surface area contributed by atoms with Gasteiger partial charge in [-0.2, -0.15) is 0 Å². The van der Waals surface area contributed by atoms with E-state index >= 15 is 0 Å². The minimum Gasteiger partial charge on any atom is -1.00 e. The van der Waals surface area contributed by atoms with Crippen molar-refractivity contribution in [1.29, 1.82) is 0 Å². The van der Waals surface area contributed by atoms with Crippen molar-refractivity contribution in [2.45, 2.75) is 14.7 Å². The molecule has 0 amide bonds. The van der Waals surface area contributed by atoms with Crippen LogP contribution in [0.15, 0.2) is 106 Å². The number of hydrogen-bond acceptors (Lipinski definition) is 0. The average Bonchev–Trinajstić information content (AvgIpc) is 2.51. The smallest absolute Gasteiger partial charge is 1.00 e. The Morgan fingerprint density at radius 3 is 0.792 bits per heavy atom. The molecular weight excluding hydrogens is 512 g/mol. The third-order valence-electron chi connectivity index (χ3n) is 2.94. The molecule has 0 saturated heterocycles. The van der Waals surface area contributed by atoms with Crippen LogP contribution in [0.4, 0.5) is 0 Å². The fraction of sp³-hybridized carbons (Fsp3) is 0. The summed E-state index contributed by atoms with van der Waals surface area (Å²) < 4.78 is 0.